The summed E-state index contributed by atoms with van der Waals surface area (Å²) in [5.41, 5.74) is 8.87. The first-order valence-electron chi connectivity index (χ1n) is 5.02. The van der Waals surface area contributed by atoms with Crippen LogP contribution in [0.2, 0.25) is 0 Å². The van der Waals surface area contributed by atoms with Crippen molar-refractivity contribution in [3.05, 3.63) is 36.4 Å². The zero-order chi connectivity index (χ0) is 11.1. The van der Waals surface area contributed by atoms with E-state index in [1.54, 1.807) is 0 Å². The van der Waals surface area contributed by atoms with Crippen molar-refractivity contribution in [1.82, 2.24) is 0 Å². The van der Waals surface area contributed by atoms with E-state index in [1.165, 1.54) is 11.3 Å². The third kappa shape index (κ3) is 4.30. The fourth-order valence-corrected chi connectivity index (χ4v) is 1.89. The van der Waals surface area contributed by atoms with Gasteiger partial charge in [-0.15, -0.1) is 6.58 Å². The van der Waals surface area contributed by atoms with E-state index < -0.39 is 0 Å². The van der Waals surface area contributed by atoms with Crippen molar-refractivity contribution < 1.29 is 0 Å². The number of hydrogen-bond acceptors (Lipinski definition) is 3. The minimum absolute atomic E-state index is 0.819. The van der Waals surface area contributed by atoms with Crippen LogP contribution in [-0.4, -0.2) is 18.1 Å². The van der Waals surface area contributed by atoms with Crippen LogP contribution in [0.1, 0.15) is 5.56 Å². The van der Waals surface area contributed by atoms with Gasteiger partial charge in [0.15, 0.2) is 0 Å². The lowest BCUT2D eigenvalue weighted by Crippen LogP contribution is -2.05. The summed E-state index contributed by atoms with van der Waals surface area (Å²) in [7, 11) is 0. The molecule has 0 atom stereocenters. The molecular weight excluding hydrogens is 204 g/mol. The molecule has 3 N–H and O–H groups in total. The van der Waals surface area contributed by atoms with E-state index in [2.05, 4.69) is 18.8 Å². The summed E-state index contributed by atoms with van der Waals surface area (Å²) in [6.07, 6.45) is 1.93. The largest absolute Gasteiger partial charge is 0.399 e. The van der Waals surface area contributed by atoms with Gasteiger partial charge in [0.25, 0.3) is 0 Å². The highest BCUT2D eigenvalue weighted by atomic mass is 32.2. The molecular formula is C12H18N2S. The summed E-state index contributed by atoms with van der Waals surface area (Å²) in [5, 5.41) is 3.39. The predicted molar refractivity (Wildman–Crippen MR) is 71.6 cm³/mol. The van der Waals surface area contributed by atoms with Crippen molar-refractivity contribution in [3.8, 4) is 0 Å². The number of rotatable bonds is 6. The second-order valence-corrected chi connectivity index (χ2v) is 4.51. The molecule has 0 aliphatic rings. The van der Waals surface area contributed by atoms with Crippen LogP contribution in [0.15, 0.2) is 30.9 Å². The van der Waals surface area contributed by atoms with Gasteiger partial charge in [-0.05, 0) is 30.7 Å². The van der Waals surface area contributed by atoms with Gasteiger partial charge in [-0.3, -0.25) is 0 Å². The molecule has 0 heterocycles. The van der Waals surface area contributed by atoms with Crippen LogP contribution in [0.3, 0.4) is 0 Å². The summed E-state index contributed by atoms with van der Waals surface area (Å²) in [5.74, 6) is 2.11. The fourth-order valence-electron chi connectivity index (χ4n) is 1.31. The molecule has 0 saturated heterocycles. The van der Waals surface area contributed by atoms with E-state index in [0.717, 1.165) is 23.7 Å². The number of aryl methyl sites for hydroxylation is 1. The number of nitrogens with two attached hydrogens (primary N) is 1. The van der Waals surface area contributed by atoms with Crippen molar-refractivity contribution in [2.45, 2.75) is 6.92 Å². The van der Waals surface area contributed by atoms with Gasteiger partial charge in [0, 0.05) is 29.4 Å². The molecule has 0 unspecified atom stereocenters. The quantitative estimate of drug-likeness (QED) is 0.441. The molecule has 0 aliphatic heterocycles. The average molecular weight is 222 g/mol. The van der Waals surface area contributed by atoms with Gasteiger partial charge in [0.1, 0.15) is 0 Å². The lowest BCUT2D eigenvalue weighted by atomic mass is 10.2. The van der Waals surface area contributed by atoms with Gasteiger partial charge >= 0.3 is 0 Å². The van der Waals surface area contributed by atoms with Gasteiger partial charge in [-0.2, -0.15) is 11.8 Å². The van der Waals surface area contributed by atoms with Gasteiger partial charge in [0.05, 0.1) is 0 Å². The number of anilines is 2. The molecule has 0 spiro atoms. The van der Waals surface area contributed by atoms with Crippen molar-refractivity contribution in [3.63, 3.8) is 0 Å². The monoisotopic (exact) mass is 222 g/mol. The van der Waals surface area contributed by atoms with Crippen LogP contribution < -0.4 is 11.1 Å². The maximum atomic E-state index is 5.68. The Kier molecular flexibility index (Phi) is 5.12. The fraction of sp³-hybridized carbons (Fsp3) is 0.333. The van der Waals surface area contributed by atoms with E-state index in [4.69, 9.17) is 5.73 Å². The molecule has 2 nitrogen and oxygen atoms in total. The predicted octanol–water partition coefficient (Wildman–Crippen LogP) is 2.91. The summed E-state index contributed by atoms with van der Waals surface area (Å²) >= 11 is 1.88. The molecule has 0 saturated carbocycles. The van der Waals surface area contributed by atoms with E-state index in [-0.39, 0.29) is 0 Å². The first-order chi connectivity index (χ1) is 7.24. The Hall–Kier alpha value is -1.09. The molecule has 0 aromatic heterocycles. The molecule has 82 valence electrons. The maximum Gasteiger partial charge on any atom is 0.0371 e. The number of benzene rings is 1. The number of hydrogen-bond donors (Lipinski definition) is 2. The van der Waals surface area contributed by atoms with Gasteiger partial charge in [-0.25, -0.2) is 0 Å². The number of thioether (sulfide) groups is 1. The van der Waals surface area contributed by atoms with Crippen molar-refractivity contribution in [1.29, 1.82) is 0 Å². The zero-order valence-corrected chi connectivity index (χ0v) is 9.94. The lowest BCUT2D eigenvalue weighted by Gasteiger charge is -2.09. The van der Waals surface area contributed by atoms with E-state index in [1.807, 2.05) is 36.0 Å². The Morgan fingerprint density at radius 2 is 2.33 bits per heavy atom. The Bertz CT molecular complexity index is 323. The zero-order valence-electron chi connectivity index (χ0n) is 9.12. The van der Waals surface area contributed by atoms with E-state index in [0.29, 0.717) is 0 Å². The Morgan fingerprint density at radius 3 is 3.00 bits per heavy atom. The first kappa shape index (κ1) is 12.0. The average Bonchev–Trinajstić information content (AvgIpc) is 2.20. The maximum absolute atomic E-state index is 5.68. The van der Waals surface area contributed by atoms with Gasteiger partial charge < -0.3 is 11.1 Å². The normalized spacial score (nSPS) is 9.93. The second kappa shape index (κ2) is 6.40. The molecule has 1 aromatic carbocycles. The summed E-state index contributed by atoms with van der Waals surface area (Å²) in [6.45, 7) is 6.73. The van der Waals surface area contributed by atoms with E-state index >= 15 is 0 Å². The van der Waals surface area contributed by atoms with Crippen LogP contribution in [-0.2, 0) is 0 Å². The molecule has 0 bridgehead atoms. The van der Waals surface area contributed by atoms with Crippen LogP contribution in [0.4, 0.5) is 11.4 Å². The topological polar surface area (TPSA) is 38.0 Å². The van der Waals surface area contributed by atoms with Crippen molar-refractivity contribution >= 4 is 23.1 Å². The molecule has 1 rings (SSSR count). The smallest absolute Gasteiger partial charge is 0.0371 e. The highest BCUT2D eigenvalue weighted by Crippen LogP contribution is 2.17. The molecule has 0 aliphatic carbocycles. The standard InChI is InChI=1S/C12H18N2S/c1-3-7-15-8-6-14-12-5-4-11(13)9-10(12)2/h3-5,9,14H,1,6-8,13H2,2H3. The molecule has 3 heteroatoms. The number of nitrogen functional groups attached to an aromatic ring is 1. The molecule has 0 amide bonds. The number of nitrogens with one attached hydrogen (secondary N) is 1. The Morgan fingerprint density at radius 1 is 1.53 bits per heavy atom. The van der Waals surface area contributed by atoms with Crippen molar-refractivity contribution in [2.75, 3.05) is 29.1 Å². The van der Waals surface area contributed by atoms with Crippen LogP contribution >= 0.6 is 11.8 Å². The Balaban J connectivity index is 2.34. The summed E-state index contributed by atoms with van der Waals surface area (Å²) in [4.78, 5) is 0. The van der Waals surface area contributed by atoms with E-state index in [9.17, 15) is 0 Å². The molecule has 15 heavy (non-hydrogen) atoms. The highest BCUT2D eigenvalue weighted by Gasteiger charge is 1.97. The minimum atomic E-state index is 0.819. The lowest BCUT2D eigenvalue weighted by molar-refractivity contribution is 1.21. The molecule has 0 radical (unpaired) electrons. The molecule has 1 aromatic rings. The van der Waals surface area contributed by atoms with Gasteiger partial charge in [-0.1, -0.05) is 6.08 Å². The van der Waals surface area contributed by atoms with Gasteiger partial charge in [0.2, 0.25) is 0 Å². The third-order valence-electron chi connectivity index (χ3n) is 2.05. The van der Waals surface area contributed by atoms with Crippen LogP contribution in [0.25, 0.3) is 0 Å². The van der Waals surface area contributed by atoms with Crippen molar-refractivity contribution in [2.24, 2.45) is 0 Å². The van der Waals surface area contributed by atoms with Crippen LogP contribution in [0.5, 0.6) is 0 Å². The third-order valence-corrected chi connectivity index (χ3v) is 3.01. The summed E-state index contributed by atoms with van der Waals surface area (Å²) in [6, 6.07) is 5.94. The molecule has 0 fully saturated rings. The summed E-state index contributed by atoms with van der Waals surface area (Å²) < 4.78 is 0. The minimum Gasteiger partial charge on any atom is -0.399 e. The SMILES string of the molecule is C=CCSCCNc1ccc(N)cc1C. The highest BCUT2D eigenvalue weighted by molar-refractivity contribution is 7.99. The second-order valence-electron chi connectivity index (χ2n) is 3.36. The van der Waals surface area contributed by atoms with Crippen LogP contribution in [0, 0.1) is 6.92 Å². The first-order valence-corrected chi connectivity index (χ1v) is 6.18. The Labute approximate surface area is 95.9 Å².